The van der Waals surface area contributed by atoms with E-state index in [-0.39, 0.29) is 5.91 Å². The van der Waals surface area contributed by atoms with Gasteiger partial charge in [0.15, 0.2) is 0 Å². The van der Waals surface area contributed by atoms with Crippen molar-refractivity contribution in [2.45, 2.75) is 34.2 Å². The molecule has 3 rings (SSSR count). The second kappa shape index (κ2) is 11.3. The average molecular weight is 424 g/mol. The van der Waals surface area contributed by atoms with Gasteiger partial charge in [-0.3, -0.25) is 4.79 Å². The molecule has 0 saturated heterocycles. The number of carbonyl (C=O) groups excluding carboxylic acids is 1. The lowest BCUT2D eigenvalue weighted by atomic mass is 10.1. The molecule has 158 valence electrons. The van der Waals surface area contributed by atoms with Gasteiger partial charge in [-0.05, 0) is 37.3 Å². The molecule has 0 fully saturated rings. The summed E-state index contributed by atoms with van der Waals surface area (Å²) in [5.74, 6) is 1.65. The molecule has 0 saturated carbocycles. The smallest absolute Gasteiger partial charge is 0.244 e. The number of benzene rings is 2. The van der Waals surface area contributed by atoms with E-state index >= 15 is 0 Å². The van der Waals surface area contributed by atoms with Crippen LogP contribution in [0.25, 0.3) is 0 Å². The molecule has 1 aromatic heterocycles. The van der Waals surface area contributed by atoms with Gasteiger partial charge in [0, 0.05) is 12.5 Å². The summed E-state index contributed by atoms with van der Waals surface area (Å²) in [6.45, 7) is 7.89. The Morgan fingerprint density at radius 1 is 1.03 bits per heavy atom. The van der Waals surface area contributed by atoms with Crippen LogP contribution in [0, 0.1) is 6.92 Å². The highest BCUT2D eigenvalue weighted by molar-refractivity contribution is 7.26. The van der Waals surface area contributed by atoms with Crippen LogP contribution in [0.1, 0.15) is 31.9 Å². The van der Waals surface area contributed by atoms with Crippen molar-refractivity contribution in [2.24, 2.45) is 0 Å². The van der Waals surface area contributed by atoms with E-state index in [0.29, 0.717) is 23.9 Å². The molecule has 2 aromatic carbocycles. The van der Waals surface area contributed by atoms with E-state index in [1.807, 2.05) is 81.4 Å². The number of para-hydroxylation sites is 1. The SMILES string of the molecule is CC.COc1ccccc1CN(C(C)=O)c1ccc(P)nc1Oc1ccc(C)cc1. The van der Waals surface area contributed by atoms with Crippen molar-refractivity contribution in [1.82, 2.24) is 4.98 Å². The van der Waals surface area contributed by atoms with Gasteiger partial charge in [-0.15, -0.1) is 0 Å². The summed E-state index contributed by atoms with van der Waals surface area (Å²) >= 11 is 0. The molecule has 6 heteroatoms. The van der Waals surface area contributed by atoms with Crippen molar-refractivity contribution in [2.75, 3.05) is 12.0 Å². The van der Waals surface area contributed by atoms with Gasteiger partial charge in [0.1, 0.15) is 17.2 Å². The number of pyridine rings is 1. The van der Waals surface area contributed by atoms with Crippen LogP contribution in [0.2, 0.25) is 0 Å². The topological polar surface area (TPSA) is 51.7 Å². The highest BCUT2D eigenvalue weighted by Gasteiger charge is 2.20. The quantitative estimate of drug-likeness (QED) is 0.506. The summed E-state index contributed by atoms with van der Waals surface area (Å²) in [7, 11) is 4.17. The Morgan fingerprint density at radius 3 is 2.33 bits per heavy atom. The van der Waals surface area contributed by atoms with Gasteiger partial charge in [-0.25, -0.2) is 4.98 Å². The molecule has 30 heavy (non-hydrogen) atoms. The predicted molar refractivity (Wildman–Crippen MR) is 126 cm³/mol. The number of carbonyl (C=O) groups is 1. The third-order valence-electron chi connectivity index (χ3n) is 4.29. The molecule has 1 amide bonds. The van der Waals surface area contributed by atoms with E-state index in [1.165, 1.54) is 6.92 Å². The third kappa shape index (κ3) is 6.04. The predicted octanol–water partition coefficient (Wildman–Crippen LogP) is 5.27. The fourth-order valence-electron chi connectivity index (χ4n) is 2.82. The maximum Gasteiger partial charge on any atom is 0.244 e. The number of rotatable bonds is 6. The molecule has 5 nitrogen and oxygen atoms in total. The maximum absolute atomic E-state index is 12.5. The van der Waals surface area contributed by atoms with E-state index in [9.17, 15) is 4.79 Å². The minimum atomic E-state index is -0.113. The number of anilines is 1. The molecule has 1 unspecified atom stereocenters. The van der Waals surface area contributed by atoms with Gasteiger partial charge in [0.25, 0.3) is 0 Å². The van der Waals surface area contributed by atoms with Crippen LogP contribution >= 0.6 is 9.24 Å². The van der Waals surface area contributed by atoms with Crippen molar-refractivity contribution in [3.8, 4) is 17.4 Å². The zero-order valence-corrected chi connectivity index (χ0v) is 19.3. The molecule has 0 aliphatic rings. The molecule has 0 aliphatic heterocycles. The van der Waals surface area contributed by atoms with E-state index < -0.39 is 0 Å². The first-order valence-electron chi connectivity index (χ1n) is 9.89. The van der Waals surface area contributed by atoms with Gasteiger partial charge in [0.2, 0.25) is 11.8 Å². The van der Waals surface area contributed by atoms with Crippen LogP contribution in [-0.4, -0.2) is 18.0 Å². The van der Waals surface area contributed by atoms with Gasteiger partial charge in [-0.2, -0.15) is 0 Å². The molecular formula is C24H29N2O3P. The zero-order valence-electron chi connectivity index (χ0n) is 18.2. The summed E-state index contributed by atoms with van der Waals surface area (Å²) in [4.78, 5) is 18.6. The Labute approximate surface area is 181 Å². The summed E-state index contributed by atoms with van der Waals surface area (Å²) in [6, 6.07) is 19.0. The standard InChI is InChI=1S/C22H23N2O3P.C2H6/c1-15-8-10-18(11-9-15)27-22-19(12-13-21(28)23-22)24(16(2)25)14-17-6-4-5-7-20(17)26-3;1-2/h4-13H,14,28H2,1-3H3;1-2H3. The van der Waals surface area contributed by atoms with Gasteiger partial charge >= 0.3 is 0 Å². The number of ether oxygens (including phenoxy) is 2. The van der Waals surface area contributed by atoms with E-state index in [2.05, 4.69) is 14.2 Å². The van der Waals surface area contributed by atoms with Crippen LogP contribution in [0.15, 0.2) is 60.7 Å². The molecule has 0 aliphatic carbocycles. The lowest BCUT2D eigenvalue weighted by Crippen LogP contribution is -2.29. The first-order valence-corrected chi connectivity index (χ1v) is 10.5. The number of hydrogen-bond donors (Lipinski definition) is 0. The number of nitrogens with zero attached hydrogens (tertiary/aromatic N) is 2. The molecule has 0 bridgehead atoms. The molecule has 0 N–H and O–H groups in total. The van der Waals surface area contributed by atoms with Crippen molar-refractivity contribution in [3.63, 3.8) is 0 Å². The lowest BCUT2D eigenvalue weighted by molar-refractivity contribution is -0.116. The van der Waals surface area contributed by atoms with Crippen molar-refractivity contribution >= 4 is 26.3 Å². The number of aryl methyl sites for hydroxylation is 1. The first-order chi connectivity index (χ1) is 14.5. The molecular weight excluding hydrogens is 395 g/mol. The Kier molecular flexibility index (Phi) is 8.82. The van der Waals surface area contributed by atoms with Gasteiger partial charge in [0.05, 0.1) is 19.1 Å². The van der Waals surface area contributed by atoms with Crippen molar-refractivity contribution in [3.05, 3.63) is 71.8 Å². The fraction of sp³-hybridized carbons (Fsp3) is 0.250. The highest BCUT2D eigenvalue weighted by atomic mass is 31.0. The van der Waals surface area contributed by atoms with Crippen LogP contribution in [0.3, 0.4) is 0 Å². The molecule has 1 atom stereocenters. The number of hydrogen-bond acceptors (Lipinski definition) is 4. The van der Waals surface area contributed by atoms with E-state index in [0.717, 1.165) is 22.3 Å². The lowest BCUT2D eigenvalue weighted by Gasteiger charge is -2.24. The summed E-state index contributed by atoms with van der Waals surface area (Å²) < 4.78 is 11.5. The summed E-state index contributed by atoms with van der Waals surface area (Å²) in [5.41, 5.74) is 3.37. The van der Waals surface area contributed by atoms with Gasteiger partial charge < -0.3 is 14.4 Å². The second-order valence-electron chi connectivity index (χ2n) is 6.39. The monoisotopic (exact) mass is 424 g/mol. The zero-order chi connectivity index (χ0) is 22.1. The third-order valence-corrected chi connectivity index (χ3v) is 4.61. The minimum absolute atomic E-state index is 0.113. The summed E-state index contributed by atoms with van der Waals surface area (Å²) in [5, 5.41) is 0. The fourth-order valence-corrected chi connectivity index (χ4v) is 3.03. The second-order valence-corrected chi connectivity index (χ2v) is 6.98. The van der Waals surface area contributed by atoms with E-state index in [1.54, 1.807) is 12.0 Å². The van der Waals surface area contributed by atoms with Crippen LogP contribution in [0.5, 0.6) is 17.4 Å². The summed E-state index contributed by atoms with van der Waals surface area (Å²) in [6.07, 6.45) is 0. The minimum Gasteiger partial charge on any atom is -0.496 e. The van der Waals surface area contributed by atoms with Crippen LogP contribution < -0.4 is 19.8 Å². The first kappa shape index (κ1) is 23.4. The number of amides is 1. The Morgan fingerprint density at radius 2 is 1.70 bits per heavy atom. The largest absolute Gasteiger partial charge is 0.496 e. The Hall–Kier alpha value is -2.91. The molecule has 3 aromatic rings. The van der Waals surface area contributed by atoms with E-state index in [4.69, 9.17) is 9.47 Å². The Bertz CT molecular complexity index is 974. The normalized spacial score (nSPS) is 9.93. The molecule has 0 spiro atoms. The Balaban J connectivity index is 0.00000155. The highest BCUT2D eigenvalue weighted by Crippen LogP contribution is 2.32. The molecule has 0 radical (unpaired) electrons. The van der Waals surface area contributed by atoms with Crippen molar-refractivity contribution in [1.29, 1.82) is 0 Å². The van der Waals surface area contributed by atoms with Crippen LogP contribution in [0.4, 0.5) is 5.69 Å². The maximum atomic E-state index is 12.5. The van der Waals surface area contributed by atoms with Crippen LogP contribution in [-0.2, 0) is 11.3 Å². The van der Waals surface area contributed by atoms with Gasteiger partial charge in [-0.1, -0.05) is 59.0 Å². The number of aromatic nitrogens is 1. The molecule has 1 heterocycles. The average Bonchev–Trinajstić information content (AvgIpc) is 2.76. The number of methoxy groups -OCH3 is 1. The van der Waals surface area contributed by atoms with Crippen molar-refractivity contribution < 1.29 is 14.3 Å².